The number of nitrogens with zero attached hydrogens (tertiary/aromatic N) is 4. The summed E-state index contributed by atoms with van der Waals surface area (Å²) in [4.78, 5) is 12.0. The van der Waals surface area contributed by atoms with Crippen molar-refractivity contribution in [1.29, 1.82) is 0 Å². The van der Waals surface area contributed by atoms with Gasteiger partial charge in [-0.05, 0) is 57.9 Å². The molecule has 0 unspecified atom stereocenters. The van der Waals surface area contributed by atoms with E-state index in [0.29, 0.717) is 0 Å². The van der Waals surface area contributed by atoms with E-state index in [1.165, 1.54) is 24.2 Å². The van der Waals surface area contributed by atoms with E-state index >= 15 is 0 Å². The zero-order valence-electron chi connectivity index (χ0n) is 21.1. The fourth-order valence-electron chi connectivity index (χ4n) is 4.52. The molecule has 0 radical (unpaired) electrons. The van der Waals surface area contributed by atoms with Gasteiger partial charge in [-0.25, -0.2) is 0 Å². The molecule has 2 heterocycles. The van der Waals surface area contributed by atoms with Gasteiger partial charge >= 0.3 is 0 Å². The zero-order chi connectivity index (χ0) is 22.8. The molecule has 1 aromatic carbocycles. The molecule has 3 rings (SSSR count). The molecular formula is C25H45IN6O. The van der Waals surface area contributed by atoms with Crippen molar-refractivity contribution in [2.45, 2.75) is 39.2 Å². The lowest BCUT2D eigenvalue weighted by Crippen LogP contribution is -2.56. The zero-order valence-corrected chi connectivity index (χ0v) is 23.4. The lowest BCUT2D eigenvalue weighted by Gasteiger charge is -2.41. The summed E-state index contributed by atoms with van der Waals surface area (Å²) in [5.41, 5.74) is 2.79. The SMILES string of the molecule is CN=C(NCCCCN1CCN(c2cccc(C)c2)CC1)NCC(C)(C)N1CCOCC1.I. The monoisotopic (exact) mass is 572 g/mol. The molecule has 0 saturated carbocycles. The molecular weight excluding hydrogens is 527 g/mol. The van der Waals surface area contributed by atoms with Crippen LogP contribution < -0.4 is 15.5 Å². The number of piperazine rings is 1. The molecule has 2 aliphatic rings. The summed E-state index contributed by atoms with van der Waals surface area (Å²) in [7, 11) is 1.85. The van der Waals surface area contributed by atoms with E-state index < -0.39 is 0 Å². The number of aryl methyl sites for hydroxylation is 1. The Morgan fingerprint density at radius 3 is 2.42 bits per heavy atom. The lowest BCUT2D eigenvalue weighted by molar-refractivity contribution is -0.00833. The largest absolute Gasteiger partial charge is 0.379 e. The van der Waals surface area contributed by atoms with Crippen molar-refractivity contribution in [3.63, 3.8) is 0 Å². The third-order valence-corrected chi connectivity index (χ3v) is 6.71. The Bertz CT molecular complexity index is 715. The number of halogens is 1. The Hall–Kier alpha value is -1.10. The van der Waals surface area contributed by atoms with Crippen LogP contribution in [0.25, 0.3) is 0 Å². The predicted octanol–water partition coefficient (Wildman–Crippen LogP) is 2.79. The van der Waals surface area contributed by atoms with Crippen LogP contribution in [0.3, 0.4) is 0 Å². The number of nitrogens with one attached hydrogen (secondary N) is 2. The Morgan fingerprint density at radius 2 is 1.76 bits per heavy atom. The van der Waals surface area contributed by atoms with E-state index in [1.54, 1.807) is 0 Å². The Kier molecular flexibility index (Phi) is 12.2. The van der Waals surface area contributed by atoms with Crippen molar-refractivity contribution in [1.82, 2.24) is 20.4 Å². The average molecular weight is 573 g/mol. The molecule has 2 saturated heterocycles. The molecule has 0 spiro atoms. The lowest BCUT2D eigenvalue weighted by atomic mass is 10.0. The average Bonchev–Trinajstić information content (AvgIpc) is 2.82. The molecule has 0 amide bonds. The van der Waals surface area contributed by atoms with E-state index in [-0.39, 0.29) is 29.5 Å². The van der Waals surface area contributed by atoms with Crippen LogP contribution in [0.2, 0.25) is 0 Å². The summed E-state index contributed by atoms with van der Waals surface area (Å²) in [6, 6.07) is 8.86. The van der Waals surface area contributed by atoms with Crippen molar-refractivity contribution in [2.75, 3.05) is 84.1 Å². The number of unbranched alkanes of at least 4 members (excludes halogenated alkanes) is 1. The predicted molar refractivity (Wildman–Crippen MR) is 150 cm³/mol. The van der Waals surface area contributed by atoms with E-state index in [4.69, 9.17) is 4.74 Å². The topological polar surface area (TPSA) is 55.4 Å². The van der Waals surface area contributed by atoms with Gasteiger partial charge in [0.1, 0.15) is 0 Å². The standard InChI is InChI=1S/C25H44N6O.HI/c1-22-8-7-9-23(20-22)30-14-12-29(13-15-30)11-6-5-10-27-24(26-4)28-21-25(2,3)31-16-18-32-19-17-31;/h7-9,20H,5-6,10-19,21H2,1-4H3,(H2,26,27,28);1H. The van der Waals surface area contributed by atoms with Crippen LogP contribution in [0.15, 0.2) is 29.3 Å². The highest BCUT2D eigenvalue weighted by molar-refractivity contribution is 14.0. The number of rotatable bonds is 9. The molecule has 0 aliphatic carbocycles. The second kappa shape index (κ2) is 14.3. The first-order valence-corrected chi connectivity index (χ1v) is 12.3. The minimum absolute atomic E-state index is 0. The van der Waals surface area contributed by atoms with Crippen LogP contribution in [0, 0.1) is 6.92 Å². The summed E-state index contributed by atoms with van der Waals surface area (Å²) in [5, 5.41) is 7.00. The Labute approximate surface area is 218 Å². The van der Waals surface area contributed by atoms with Crippen molar-refractivity contribution in [3.8, 4) is 0 Å². The minimum atomic E-state index is 0. The van der Waals surface area contributed by atoms with Crippen molar-refractivity contribution < 1.29 is 4.74 Å². The van der Waals surface area contributed by atoms with Crippen LogP contribution in [0.5, 0.6) is 0 Å². The maximum atomic E-state index is 5.49. The second-order valence-corrected chi connectivity index (χ2v) is 9.64. The maximum absolute atomic E-state index is 5.49. The summed E-state index contributed by atoms with van der Waals surface area (Å²) in [5.74, 6) is 0.901. The van der Waals surface area contributed by atoms with Gasteiger partial charge in [0.05, 0.1) is 13.2 Å². The van der Waals surface area contributed by atoms with Crippen LogP contribution in [-0.4, -0.2) is 100 Å². The molecule has 33 heavy (non-hydrogen) atoms. The van der Waals surface area contributed by atoms with Crippen LogP contribution in [-0.2, 0) is 4.74 Å². The van der Waals surface area contributed by atoms with Crippen LogP contribution in [0.4, 0.5) is 5.69 Å². The first-order valence-electron chi connectivity index (χ1n) is 12.3. The first kappa shape index (κ1) is 28.1. The molecule has 0 atom stereocenters. The van der Waals surface area contributed by atoms with Gasteiger partial charge in [0.15, 0.2) is 5.96 Å². The molecule has 188 valence electrons. The van der Waals surface area contributed by atoms with Gasteiger partial charge in [0, 0.05) is 70.6 Å². The Morgan fingerprint density at radius 1 is 1.03 bits per heavy atom. The number of hydrogen-bond donors (Lipinski definition) is 2. The summed E-state index contributed by atoms with van der Waals surface area (Å²) >= 11 is 0. The molecule has 0 aromatic heterocycles. The first-order chi connectivity index (χ1) is 15.5. The number of morpholine rings is 1. The smallest absolute Gasteiger partial charge is 0.191 e. The van der Waals surface area contributed by atoms with Gasteiger partial charge in [-0.2, -0.15) is 0 Å². The fourth-order valence-corrected chi connectivity index (χ4v) is 4.52. The molecule has 2 N–H and O–H groups in total. The fraction of sp³-hybridized carbons (Fsp3) is 0.720. The molecule has 8 heteroatoms. The third-order valence-electron chi connectivity index (χ3n) is 6.71. The van der Waals surface area contributed by atoms with Crippen molar-refractivity contribution in [2.24, 2.45) is 4.99 Å². The highest BCUT2D eigenvalue weighted by Crippen LogP contribution is 2.18. The van der Waals surface area contributed by atoms with Gasteiger partial charge in [0.2, 0.25) is 0 Å². The molecule has 2 fully saturated rings. The van der Waals surface area contributed by atoms with Crippen molar-refractivity contribution in [3.05, 3.63) is 29.8 Å². The van der Waals surface area contributed by atoms with Gasteiger partial charge in [0.25, 0.3) is 0 Å². The summed E-state index contributed by atoms with van der Waals surface area (Å²) in [6.45, 7) is 18.0. The Balaban J connectivity index is 0.00000385. The van der Waals surface area contributed by atoms with E-state index in [9.17, 15) is 0 Å². The molecule has 7 nitrogen and oxygen atoms in total. The third kappa shape index (κ3) is 9.22. The maximum Gasteiger partial charge on any atom is 0.191 e. The number of aliphatic imine (C=N–C) groups is 1. The van der Waals surface area contributed by atoms with Gasteiger partial charge in [-0.15, -0.1) is 24.0 Å². The molecule has 2 aliphatic heterocycles. The molecule has 0 bridgehead atoms. The van der Waals surface area contributed by atoms with Crippen LogP contribution in [0.1, 0.15) is 32.3 Å². The summed E-state index contributed by atoms with van der Waals surface area (Å²) in [6.07, 6.45) is 2.37. The summed E-state index contributed by atoms with van der Waals surface area (Å²) < 4.78 is 5.49. The highest BCUT2D eigenvalue weighted by atomic mass is 127. The number of anilines is 1. The van der Waals surface area contributed by atoms with E-state index in [1.807, 2.05) is 7.05 Å². The number of hydrogen-bond acceptors (Lipinski definition) is 5. The molecule has 1 aromatic rings. The highest BCUT2D eigenvalue weighted by Gasteiger charge is 2.28. The minimum Gasteiger partial charge on any atom is -0.379 e. The van der Waals surface area contributed by atoms with Crippen LogP contribution >= 0.6 is 24.0 Å². The number of guanidine groups is 1. The van der Waals surface area contributed by atoms with Gasteiger partial charge < -0.3 is 20.3 Å². The number of benzene rings is 1. The van der Waals surface area contributed by atoms with E-state index in [0.717, 1.165) is 78.0 Å². The number of ether oxygens (including phenoxy) is 1. The van der Waals surface area contributed by atoms with Crippen molar-refractivity contribution >= 4 is 35.6 Å². The van der Waals surface area contributed by atoms with Gasteiger partial charge in [-0.3, -0.25) is 14.8 Å². The van der Waals surface area contributed by atoms with E-state index in [2.05, 4.69) is 75.4 Å². The van der Waals surface area contributed by atoms with Gasteiger partial charge in [-0.1, -0.05) is 12.1 Å². The quantitative estimate of drug-likeness (QED) is 0.206. The second-order valence-electron chi connectivity index (χ2n) is 9.64. The normalized spacial score (nSPS) is 18.7.